The van der Waals surface area contributed by atoms with Crippen LogP contribution in [-0.4, -0.2) is 90.6 Å². The third-order valence-corrected chi connectivity index (χ3v) is 11.5. The Labute approximate surface area is 369 Å². The number of aromatic nitrogens is 2. The van der Waals surface area contributed by atoms with E-state index in [9.17, 15) is 19.3 Å². The lowest BCUT2D eigenvalue weighted by atomic mass is 9.80. The molecular formula is C47H58N4O11P+. The summed E-state index contributed by atoms with van der Waals surface area (Å²) in [6.45, 7) is 11.7. The number of ether oxygens (including phenoxy) is 5. The second-order valence-electron chi connectivity index (χ2n) is 14.4. The molecule has 0 radical (unpaired) electrons. The quantitative estimate of drug-likeness (QED) is 0.0339. The van der Waals surface area contributed by atoms with Crippen molar-refractivity contribution >= 4 is 20.0 Å². The van der Waals surface area contributed by atoms with E-state index in [1.807, 2.05) is 61.5 Å². The number of nitrogens with two attached hydrogens (primary N) is 1. The number of methoxy groups -OCH3 is 2. The van der Waals surface area contributed by atoms with Crippen molar-refractivity contribution < 1.29 is 47.2 Å². The number of anilines is 1. The van der Waals surface area contributed by atoms with Gasteiger partial charge in [-0.25, -0.2) is 9.59 Å². The van der Waals surface area contributed by atoms with E-state index in [-0.39, 0.29) is 18.0 Å². The van der Waals surface area contributed by atoms with Gasteiger partial charge in [0.05, 0.1) is 26.4 Å². The maximum Gasteiger partial charge on any atom is 0.756 e. The number of hydrogen-bond donors (Lipinski definition) is 2. The van der Waals surface area contributed by atoms with Gasteiger partial charge in [0.2, 0.25) is 0 Å². The molecule has 1 aliphatic rings. The molecule has 4 aromatic carbocycles. The molecule has 1 unspecified atom stereocenters. The Hall–Kier alpha value is -5.51. The van der Waals surface area contributed by atoms with Gasteiger partial charge in [-0.3, -0.25) is 4.57 Å². The highest BCUT2D eigenvalue weighted by Crippen LogP contribution is 2.48. The van der Waals surface area contributed by atoms with Crippen molar-refractivity contribution in [3.63, 3.8) is 0 Å². The Balaban J connectivity index is 0.000000985. The maximum atomic E-state index is 13.6. The molecule has 6 rings (SSSR count). The summed E-state index contributed by atoms with van der Waals surface area (Å²) in [5.41, 5.74) is 5.76. The predicted molar refractivity (Wildman–Crippen MR) is 239 cm³/mol. The van der Waals surface area contributed by atoms with Crippen LogP contribution < -0.4 is 20.9 Å². The second kappa shape index (κ2) is 23.3. The van der Waals surface area contributed by atoms with Gasteiger partial charge in [0.15, 0.2) is 12.3 Å². The van der Waals surface area contributed by atoms with Gasteiger partial charge in [0.25, 0.3) is 5.79 Å². The molecule has 1 saturated heterocycles. The molecular weight excluding hydrogens is 828 g/mol. The van der Waals surface area contributed by atoms with Crippen LogP contribution in [-0.2, 0) is 33.4 Å². The molecule has 5 aromatic rings. The smallest absolute Gasteiger partial charge is 0.497 e. The summed E-state index contributed by atoms with van der Waals surface area (Å²) in [6.07, 6.45) is -1.83. The molecule has 0 amide bonds. The zero-order chi connectivity index (χ0) is 45.4. The van der Waals surface area contributed by atoms with E-state index >= 15 is 0 Å². The van der Waals surface area contributed by atoms with Crippen molar-refractivity contribution in [3.8, 4) is 11.5 Å². The third-order valence-electron chi connectivity index (χ3n) is 10.7. The molecule has 0 bridgehead atoms. The van der Waals surface area contributed by atoms with Crippen LogP contribution in [0.3, 0.4) is 0 Å². The van der Waals surface area contributed by atoms with E-state index in [4.69, 9.17) is 38.5 Å². The first-order valence-corrected chi connectivity index (χ1v) is 22.1. The topological polar surface area (TPSA) is 183 Å². The summed E-state index contributed by atoms with van der Waals surface area (Å²) >= 11 is 0. The van der Waals surface area contributed by atoms with Crippen LogP contribution in [0.4, 0.5) is 5.82 Å². The Morgan fingerprint density at radius 2 is 1.38 bits per heavy atom. The lowest BCUT2D eigenvalue weighted by Gasteiger charge is -2.37. The maximum absolute atomic E-state index is 13.6. The summed E-state index contributed by atoms with van der Waals surface area (Å²) < 4.78 is 56.3. The predicted octanol–water partition coefficient (Wildman–Crippen LogP) is 7.50. The van der Waals surface area contributed by atoms with Crippen molar-refractivity contribution in [1.82, 2.24) is 14.5 Å². The highest BCUT2D eigenvalue weighted by molar-refractivity contribution is 7.34. The van der Waals surface area contributed by atoms with Gasteiger partial charge >= 0.3 is 19.9 Å². The van der Waals surface area contributed by atoms with Gasteiger partial charge in [-0.15, -0.1) is 0 Å². The summed E-state index contributed by atoms with van der Waals surface area (Å²) in [4.78, 5) is 32.4. The summed E-state index contributed by atoms with van der Waals surface area (Å²) in [5.74, 6) is -2.42. The zero-order valence-corrected chi connectivity index (χ0v) is 37.5. The average molecular weight is 886 g/mol. The number of unbranched alkanes of at least 4 members (excludes halogenated alkanes) is 1. The number of nitrogens with zero attached hydrogens (tertiary/aromatic N) is 3. The molecule has 0 spiro atoms. The Bertz CT molecular complexity index is 2190. The molecule has 0 aliphatic carbocycles. The first kappa shape index (κ1) is 48.5. The Morgan fingerprint density at radius 3 is 1.87 bits per heavy atom. The van der Waals surface area contributed by atoms with E-state index in [1.165, 1.54) is 44.0 Å². The molecule has 336 valence electrons. The highest BCUT2D eigenvalue weighted by Gasteiger charge is 2.65. The van der Waals surface area contributed by atoms with Gasteiger partial charge in [0, 0.05) is 17.4 Å². The van der Waals surface area contributed by atoms with E-state index in [1.54, 1.807) is 56.7 Å². The van der Waals surface area contributed by atoms with E-state index in [0.717, 1.165) is 11.0 Å². The largest absolute Gasteiger partial charge is 0.756 e. The number of benzene rings is 4. The fourth-order valence-corrected chi connectivity index (χ4v) is 7.90. The minimum atomic E-state index is -3.37. The fourth-order valence-electron chi connectivity index (χ4n) is 7.16. The van der Waals surface area contributed by atoms with E-state index in [0.29, 0.717) is 34.6 Å². The lowest BCUT2D eigenvalue weighted by molar-refractivity contribution is -0.234. The summed E-state index contributed by atoms with van der Waals surface area (Å²) in [5, 5.41) is 12.7. The molecule has 63 heavy (non-hydrogen) atoms. The SMILES string of the molecule is CCCCO[C@H]1[C@H](n2ccc(N)nc2=O)O[C@H](COC(c2ccccc2)(c2ccc(OC)cc2)c2ccc(OC)cc2)[C@@]1(O)O[P+](=O)OC(=O)c1ccccc1.CCN(CC)CC. The van der Waals surface area contributed by atoms with Crippen molar-refractivity contribution in [2.45, 2.75) is 70.4 Å². The minimum absolute atomic E-state index is 0.0402. The van der Waals surface area contributed by atoms with Crippen LogP contribution in [0, 0.1) is 0 Å². The van der Waals surface area contributed by atoms with Crippen molar-refractivity contribution in [2.24, 2.45) is 0 Å². The van der Waals surface area contributed by atoms with Gasteiger partial charge in [-0.2, -0.15) is 9.51 Å². The molecule has 1 aliphatic heterocycles. The second-order valence-corrected chi connectivity index (χ2v) is 15.3. The van der Waals surface area contributed by atoms with Crippen molar-refractivity contribution in [1.29, 1.82) is 0 Å². The van der Waals surface area contributed by atoms with Crippen LogP contribution in [0.15, 0.2) is 126 Å². The Kier molecular flexibility index (Phi) is 17.9. The zero-order valence-electron chi connectivity index (χ0n) is 36.6. The molecule has 0 saturated carbocycles. The van der Waals surface area contributed by atoms with Gasteiger partial charge < -0.3 is 39.4 Å². The van der Waals surface area contributed by atoms with Crippen molar-refractivity contribution in [3.05, 3.63) is 154 Å². The average Bonchev–Trinajstić information content (AvgIpc) is 3.57. The first-order valence-electron chi connectivity index (χ1n) is 21.0. The first-order chi connectivity index (χ1) is 30.5. The minimum Gasteiger partial charge on any atom is -0.497 e. The highest BCUT2D eigenvalue weighted by atomic mass is 31.1. The molecule has 3 N–H and O–H groups in total. The molecule has 5 atom stereocenters. The van der Waals surface area contributed by atoms with Crippen LogP contribution in [0.25, 0.3) is 0 Å². The molecule has 2 heterocycles. The summed E-state index contributed by atoms with van der Waals surface area (Å²) in [7, 11) is -0.240. The third kappa shape index (κ3) is 11.7. The monoisotopic (exact) mass is 885 g/mol. The number of nitrogen functional groups attached to an aromatic ring is 1. The lowest BCUT2D eigenvalue weighted by Crippen LogP contribution is -2.53. The number of hydrogen-bond acceptors (Lipinski definition) is 14. The standard InChI is InChI=1S/C41H42N3O11P.C6H15N/c1-4-5-26-51-36-37(44-25-24-35(42)43-39(44)46)53-34(41(36,47)55-56(48)54-38(45)28-12-8-6-9-13-28)27-52-40(29-14-10-7-11-15-29,30-16-20-32(49-2)21-17-30)31-18-22-33(50-3)23-19-31;1-4-7(5-2)6-3/h6-25,34,36-37,47H,4-5,26-27H2,1-3H3,(H-,42,43,46);4-6H2,1-3H3/p+1/t34-,36+,37-,41-;/m1./s1. The van der Waals surface area contributed by atoms with E-state index in [2.05, 4.69) is 30.7 Å². The Morgan fingerprint density at radius 1 is 0.841 bits per heavy atom. The number of aliphatic hydroxyl groups is 1. The van der Waals surface area contributed by atoms with Crippen LogP contribution in [0.2, 0.25) is 0 Å². The number of carbonyl (C=O) groups excluding carboxylic acids is 1. The van der Waals surface area contributed by atoms with Gasteiger partial charge in [0.1, 0.15) is 29.0 Å². The van der Waals surface area contributed by atoms with E-state index < -0.39 is 56.3 Å². The van der Waals surface area contributed by atoms with Gasteiger partial charge in [-0.1, -0.05) is 111 Å². The summed E-state index contributed by atoms with van der Waals surface area (Å²) in [6, 6.07) is 33.3. The van der Waals surface area contributed by atoms with Crippen LogP contribution in [0.5, 0.6) is 11.5 Å². The molecule has 1 aromatic heterocycles. The molecule has 16 heteroatoms. The normalized spacial score (nSPS) is 18.6. The molecule has 1 fully saturated rings. The van der Waals surface area contributed by atoms with Crippen LogP contribution >= 0.6 is 8.25 Å². The number of carbonyl (C=O) groups is 1. The molecule has 15 nitrogen and oxygen atoms in total. The van der Waals surface area contributed by atoms with Crippen LogP contribution in [0.1, 0.15) is 73.8 Å². The van der Waals surface area contributed by atoms with Crippen molar-refractivity contribution in [2.75, 3.05) is 52.8 Å². The van der Waals surface area contributed by atoms with Gasteiger partial charge in [-0.05, 0) is 85.2 Å². The number of rotatable bonds is 20. The fraction of sp³-hybridized carbons (Fsp3) is 0.383.